The van der Waals surface area contributed by atoms with Gasteiger partial charge in [0.15, 0.2) is 5.69 Å². The molecule has 1 saturated carbocycles. The highest BCUT2D eigenvalue weighted by atomic mass is 35.5. The number of halogens is 2. The summed E-state index contributed by atoms with van der Waals surface area (Å²) in [5.41, 5.74) is 1.31. The number of nitrogens with zero attached hydrogens (tertiary/aromatic N) is 1. The van der Waals surface area contributed by atoms with Gasteiger partial charge in [-0.2, -0.15) is 5.10 Å². The number of rotatable bonds is 3. The molecule has 6 heteroatoms. The van der Waals surface area contributed by atoms with E-state index in [2.05, 4.69) is 15.5 Å². The molecule has 1 aliphatic carbocycles. The average molecular weight is 280 g/mol. The summed E-state index contributed by atoms with van der Waals surface area (Å²) in [6, 6.07) is 5.79. The molecule has 2 N–H and O–H groups in total. The van der Waals surface area contributed by atoms with Gasteiger partial charge in [0.05, 0.1) is 5.69 Å². The van der Waals surface area contributed by atoms with Crippen molar-refractivity contribution in [2.24, 2.45) is 0 Å². The predicted octanol–water partition coefficient (Wildman–Crippen LogP) is 3.33. The van der Waals surface area contributed by atoms with E-state index in [1.54, 1.807) is 6.07 Å². The zero-order chi connectivity index (χ0) is 13.4. The zero-order valence-electron chi connectivity index (χ0n) is 9.91. The van der Waals surface area contributed by atoms with Crippen LogP contribution >= 0.6 is 11.6 Å². The lowest BCUT2D eigenvalue weighted by Crippen LogP contribution is -2.13. The molecule has 1 aromatic carbocycles. The van der Waals surface area contributed by atoms with Crippen LogP contribution in [0.15, 0.2) is 24.3 Å². The maximum absolute atomic E-state index is 13.5. The van der Waals surface area contributed by atoms with Gasteiger partial charge in [0.2, 0.25) is 0 Å². The first-order valence-corrected chi connectivity index (χ1v) is 6.33. The second kappa shape index (κ2) is 4.66. The molecule has 0 bridgehead atoms. The molecular weight excluding hydrogens is 269 g/mol. The lowest BCUT2D eigenvalue weighted by molar-refractivity contribution is 0.102. The Labute approximate surface area is 114 Å². The van der Waals surface area contributed by atoms with E-state index in [4.69, 9.17) is 11.6 Å². The first-order valence-electron chi connectivity index (χ1n) is 5.95. The van der Waals surface area contributed by atoms with Crippen LogP contribution in [0.25, 0.3) is 0 Å². The van der Waals surface area contributed by atoms with Crippen molar-refractivity contribution in [3.8, 4) is 0 Å². The minimum absolute atomic E-state index is 0.0883. The summed E-state index contributed by atoms with van der Waals surface area (Å²) in [6.07, 6.45) is 2.24. The Morgan fingerprint density at radius 3 is 2.89 bits per heavy atom. The fourth-order valence-corrected chi connectivity index (χ4v) is 1.99. The van der Waals surface area contributed by atoms with Gasteiger partial charge in [-0.1, -0.05) is 11.6 Å². The number of hydrogen-bond acceptors (Lipinski definition) is 2. The summed E-state index contributed by atoms with van der Waals surface area (Å²) in [7, 11) is 0. The molecule has 19 heavy (non-hydrogen) atoms. The van der Waals surface area contributed by atoms with Crippen LogP contribution in [-0.4, -0.2) is 16.1 Å². The summed E-state index contributed by atoms with van der Waals surface area (Å²) < 4.78 is 13.5. The standard InChI is InChI=1S/C13H11ClFN3O/c14-8-3-4-10(9(15)5-8)16-13(19)12-6-11(17-18-12)7-1-2-7/h3-7H,1-2H2,(H,16,19)(H,17,18). The summed E-state index contributed by atoms with van der Waals surface area (Å²) in [4.78, 5) is 11.9. The monoisotopic (exact) mass is 279 g/mol. The second-order valence-corrected chi connectivity index (χ2v) is 5.00. The quantitative estimate of drug-likeness (QED) is 0.905. The molecule has 0 spiro atoms. The number of anilines is 1. The first kappa shape index (κ1) is 12.2. The van der Waals surface area contributed by atoms with E-state index in [0.29, 0.717) is 5.92 Å². The highest BCUT2D eigenvalue weighted by Gasteiger charge is 2.26. The van der Waals surface area contributed by atoms with Gasteiger partial charge < -0.3 is 5.32 Å². The normalized spacial score (nSPS) is 14.4. The molecule has 0 radical (unpaired) electrons. The molecule has 1 heterocycles. The van der Waals surface area contributed by atoms with Crippen LogP contribution < -0.4 is 5.32 Å². The number of hydrogen-bond donors (Lipinski definition) is 2. The smallest absolute Gasteiger partial charge is 0.276 e. The number of amides is 1. The molecule has 2 aromatic rings. The Morgan fingerprint density at radius 1 is 1.42 bits per heavy atom. The van der Waals surface area contributed by atoms with Crippen molar-refractivity contribution in [2.75, 3.05) is 5.32 Å². The Hall–Kier alpha value is -1.88. The van der Waals surface area contributed by atoms with E-state index in [1.165, 1.54) is 12.1 Å². The van der Waals surface area contributed by atoms with Gasteiger partial charge >= 0.3 is 0 Å². The third kappa shape index (κ3) is 2.61. The number of H-pyrrole nitrogens is 1. The lowest BCUT2D eigenvalue weighted by Gasteiger charge is -2.04. The Balaban J connectivity index is 1.76. The number of carbonyl (C=O) groups is 1. The predicted molar refractivity (Wildman–Crippen MR) is 69.9 cm³/mol. The molecule has 0 aliphatic heterocycles. The molecule has 4 nitrogen and oxygen atoms in total. The van der Waals surface area contributed by atoms with Gasteiger partial charge in [-0.05, 0) is 37.1 Å². The topological polar surface area (TPSA) is 57.8 Å². The maximum Gasteiger partial charge on any atom is 0.276 e. The Bertz CT molecular complexity index is 637. The molecule has 0 unspecified atom stereocenters. The molecule has 0 saturated heterocycles. The van der Waals surface area contributed by atoms with E-state index in [0.717, 1.165) is 24.6 Å². The molecule has 0 atom stereocenters. The van der Waals surface area contributed by atoms with Crippen LogP contribution in [0.1, 0.15) is 34.9 Å². The van der Waals surface area contributed by atoms with Crippen molar-refractivity contribution < 1.29 is 9.18 Å². The van der Waals surface area contributed by atoms with Crippen molar-refractivity contribution in [3.05, 3.63) is 46.5 Å². The third-order valence-corrected chi connectivity index (χ3v) is 3.26. The van der Waals surface area contributed by atoms with E-state index in [-0.39, 0.29) is 16.4 Å². The van der Waals surface area contributed by atoms with Gasteiger partial charge in [-0.3, -0.25) is 9.89 Å². The van der Waals surface area contributed by atoms with Gasteiger partial charge in [0, 0.05) is 16.6 Å². The van der Waals surface area contributed by atoms with Crippen LogP contribution in [0.3, 0.4) is 0 Å². The van der Waals surface area contributed by atoms with Crippen molar-refractivity contribution in [1.82, 2.24) is 10.2 Å². The van der Waals surface area contributed by atoms with E-state index in [9.17, 15) is 9.18 Å². The van der Waals surface area contributed by atoms with E-state index in [1.807, 2.05) is 0 Å². The number of carbonyl (C=O) groups excluding carboxylic acids is 1. The third-order valence-electron chi connectivity index (χ3n) is 3.03. The maximum atomic E-state index is 13.5. The molecule has 3 rings (SSSR count). The lowest BCUT2D eigenvalue weighted by atomic mass is 10.2. The number of nitrogens with one attached hydrogen (secondary N) is 2. The van der Waals surface area contributed by atoms with Crippen LogP contribution in [-0.2, 0) is 0 Å². The van der Waals surface area contributed by atoms with Gasteiger partial charge in [-0.25, -0.2) is 4.39 Å². The average Bonchev–Trinajstić information content (AvgIpc) is 3.10. The number of aromatic nitrogens is 2. The SMILES string of the molecule is O=C(Nc1ccc(Cl)cc1F)c1cc(C2CC2)[nH]n1. The highest BCUT2D eigenvalue weighted by molar-refractivity contribution is 6.30. The summed E-state index contributed by atoms with van der Waals surface area (Å²) in [5, 5.41) is 9.52. The number of aromatic amines is 1. The first-order chi connectivity index (χ1) is 9.13. The van der Waals surface area contributed by atoms with Gasteiger partial charge in [0.25, 0.3) is 5.91 Å². The van der Waals surface area contributed by atoms with Crippen LogP contribution in [0.2, 0.25) is 5.02 Å². The molecule has 1 fully saturated rings. The van der Waals surface area contributed by atoms with Gasteiger partial charge in [0.1, 0.15) is 5.82 Å². The summed E-state index contributed by atoms with van der Waals surface area (Å²) in [5.74, 6) is -0.524. The van der Waals surface area contributed by atoms with Crippen LogP contribution in [0.5, 0.6) is 0 Å². The van der Waals surface area contributed by atoms with Crippen molar-refractivity contribution >= 4 is 23.2 Å². The molecule has 98 valence electrons. The zero-order valence-corrected chi connectivity index (χ0v) is 10.7. The Kier molecular flexibility index (Phi) is 2.98. The minimum atomic E-state index is -0.571. The largest absolute Gasteiger partial charge is 0.318 e. The molecule has 1 amide bonds. The fourth-order valence-electron chi connectivity index (χ4n) is 1.83. The molecular formula is C13H11ClFN3O. The van der Waals surface area contributed by atoms with Gasteiger partial charge in [-0.15, -0.1) is 0 Å². The summed E-state index contributed by atoms with van der Waals surface area (Å²) in [6.45, 7) is 0. The van der Waals surface area contributed by atoms with E-state index < -0.39 is 11.7 Å². The molecule has 1 aromatic heterocycles. The molecule has 1 aliphatic rings. The summed E-state index contributed by atoms with van der Waals surface area (Å²) >= 11 is 5.65. The van der Waals surface area contributed by atoms with Crippen molar-refractivity contribution in [2.45, 2.75) is 18.8 Å². The van der Waals surface area contributed by atoms with E-state index >= 15 is 0 Å². The van der Waals surface area contributed by atoms with Crippen molar-refractivity contribution in [1.29, 1.82) is 0 Å². The Morgan fingerprint density at radius 2 is 2.21 bits per heavy atom. The second-order valence-electron chi connectivity index (χ2n) is 4.56. The van der Waals surface area contributed by atoms with Crippen LogP contribution in [0, 0.1) is 5.82 Å². The van der Waals surface area contributed by atoms with Crippen molar-refractivity contribution in [3.63, 3.8) is 0 Å². The fraction of sp³-hybridized carbons (Fsp3) is 0.231. The minimum Gasteiger partial charge on any atom is -0.318 e. The number of benzene rings is 1. The highest BCUT2D eigenvalue weighted by Crippen LogP contribution is 2.39. The van der Waals surface area contributed by atoms with Crippen LogP contribution in [0.4, 0.5) is 10.1 Å².